The van der Waals surface area contributed by atoms with Crippen molar-refractivity contribution in [1.82, 2.24) is 9.97 Å². The molecule has 2 aromatic rings. The van der Waals surface area contributed by atoms with Crippen molar-refractivity contribution >= 4 is 0 Å². The lowest BCUT2D eigenvalue weighted by Gasteiger charge is -2.27. The Kier molecular flexibility index (Phi) is 6.61. The topological polar surface area (TPSA) is 25.8 Å². The Labute approximate surface area is 153 Å². The predicted molar refractivity (Wildman–Crippen MR) is 106 cm³/mol. The van der Waals surface area contributed by atoms with Crippen LogP contribution in [0.3, 0.4) is 0 Å². The van der Waals surface area contributed by atoms with Gasteiger partial charge in [-0.1, -0.05) is 57.4 Å². The smallest absolute Gasteiger partial charge is 0.159 e. The number of aromatic nitrogens is 2. The highest BCUT2D eigenvalue weighted by molar-refractivity contribution is 5.55. The zero-order chi connectivity index (χ0) is 17.5. The number of hydrogen-bond acceptors (Lipinski definition) is 2. The fourth-order valence-electron chi connectivity index (χ4n) is 4.00. The maximum atomic E-state index is 4.66. The third-order valence-corrected chi connectivity index (χ3v) is 5.85. The third-order valence-electron chi connectivity index (χ3n) is 5.85. The van der Waals surface area contributed by atoms with E-state index in [4.69, 9.17) is 0 Å². The highest BCUT2D eigenvalue weighted by atomic mass is 14.9. The number of benzene rings is 1. The van der Waals surface area contributed by atoms with Crippen LogP contribution < -0.4 is 0 Å². The Morgan fingerprint density at radius 3 is 2.16 bits per heavy atom. The van der Waals surface area contributed by atoms with Gasteiger partial charge in [-0.2, -0.15) is 0 Å². The molecule has 0 aliphatic heterocycles. The van der Waals surface area contributed by atoms with Crippen LogP contribution in [-0.2, 0) is 6.42 Å². The minimum Gasteiger partial charge on any atom is -0.236 e. The first-order chi connectivity index (χ1) is 12.3. The SMILES string of the molecule is CCCCCc1ccc(-c2ncc(C3CCC(CC)CC3)cn2)cc1. The average Bonchev–Trinajstić information content (AvgIpc) is 2.69. The first kappa shape index (κ1) is 18.1. The molecule has 1 aliphatic carbocycles. The summed E-state index contributed by atoms with van der Waals surface area (Å²) in [6.45, 7) is 4.57. The molecule has 0 spiro atoms. The highest BCUT2D eigenvalue weighted by Gasteiger charge is 2.21. The van der Waals surface area contributed by atoms with E-state index >= 15 is 0 Å². The summed E-state index contributed by atoms with van der Waals surface area (Å²) in [7, 11) is 0. The van der Waals surface area contributed by atoms with Crippen LogP contribution in [0.5, 0.6) is 0 Å². The van der Waals surface area contributed by atoms with E-state index in [1.54, 1.807) is 0 Å². The number of hydrogen-bond donors (Lipinski definition) is 0. The van der Waals surface area contributed by atoms with Crippen molar-refractivity contribution in [2.45, 2.75) is 77.6 Å². The Balaban J connectivity index is 1.60. The van der Waals surface area contributed by atoms with Crippen molar-refractivity contribution < 1.29 is 0 Å². The largest absolute Gasteiger partial charge is 0.236 e. The second kappa shape index (κ2) is 9.12. The molecule has 0 saturated heterocycles. The Hall–Kier alpha value is -1.70. The van der Waals surface area contributed by atoms with Gasteiger partial charge >= 0.3 is 0 Å². The molecule has 0 unspecified atom stereocenters. The van der Waals surface area contributed by atoms with Gasteiger partial charge < -0.3 is 0 Å². The van der Waals surface area contributed by atoms with Gasteiger partial charge in [0.1, 0.15) is 0 Å². The van der Waals surface area contributed by atoms with Crippen LogP contribution >= 0.6 is 0 Å². The summed E-state index contributed by atoms with van der Waals surface area (Å²) < 4.78 is 0. The minimum absolute atomic E-state index is 0.665. The molecule has 134 valence electrons. The highest BCUT2D eigenvalue weighted by Crippen LogP contribution is 2.36. The van der Waals surface area contributed by atoms with Crippen molar-refractivity contribution in [2.24, 2.45) is 5.92 Å². The normalized spacial score (nSPS) is 20.6. The van der Waals surface area contributed by atoms with Crippen LogP contribution in [0, 0.1) is 5.92 Å². The quantitative estimate of drug-likeness (QED) is 0.535. The molecule has 1 aliphatic rings. The molecule has 0 bridgehead atoms. The first-order valence-electron chi connectivity index (χ1n) is 10.2. The summed E-state index contributed by atoms with van der Waals surface area (Å²) in [6, 6.07) is 8.80. The van der Waals surface area contributed by atoms with Crippen molar-refractivity contribution in [3.63, 3.8) is 0 Å². The molecule has 2 nitrogen and oxygen atoms in total. The Morgan fingerprint density at radius 2 is 1.56 bits per heavy atom. The van der Waals surface area contributed by atoms with Crippen LogP contribution in [-0.4, -0.2) is 9.97 Å². The monoisotopic (exact) mass is 336 g/mol. The van der Waals surface area contributed by atoms with Crippen molar-refractivity contribution in [2.75, 3.05) is 0 Å². The van der Waals surface area contributed by atoms with Crippen LogP contribution in [0.2, 0.25) is 0 Å². The average molecular weight is 337 g/mol. The van der Waals surface area contributed by atoms with E-state index in [1.807, 2.05) is 0 Å². The molecule has 0 amide bonds. The van der Waals surface area contributed by atoms with Gasteiger partial charge in [0, 0.05) is 18.0 Å². The molecule has 1 heterocycles. The lowest BCUT2D eigenvalue weighted by molar-refractivity contribution is 0.318. The van der Waals surface area contributed by atoms with Gasteiger partial charge in [0.2, 0.25) is 0 Å². The summed E-state index contributed by atoms with van der Waals surface area (Å²) in [5.41, 5.74) is 3.87. The number of aryl methyl sites for hydroxylation is 1. The van der Waals surface area contributed by atoms with E-state index < -0.39 is 0 Å². The third kappa shape index (κ3) is 4.90. The van der Waals surface area contributed by atoms with Crippen molar-refractivity contribution in [3.8, 4) is 11.4 Å². The maximum absolute atomic E-state index is 4.66. The molecule has 1 aromatic carbocycles. The second-order valence-electron chi connectivity index (χ2n) is 7.62. The predicted octanol–water partition coefficient (Wildman–Crippen LogP) is 6.56. The van der Waals surface area contributed by atoms with Crippen LogP contribution in [0.1, 0.15) is 82.3 Å². The van der Waals surface area contributed by atoms with Gasteiger partial charge in [0.15, 0.2) is 5.82 Å². The van der Waals surface area contributed by atoms with E-state index in [-0.39, 0.29) is 0 Å². The van der Waals surface area contributed by atoms with E-state index in [9.17, 15) is 0 Å². The Morgan fingerprint density at radius 1 is 0.880 bits per heavy atom. The second-order valence-corrected chi connectivity index (χ2v) is 7.62. The number of nitrogens with zero attached hydrogens (tertiary/aromatic N) is 2. The number of unbranched alkanes of at least 4 members (excludes halogenated alkanes) is 2. The van der Waals surface area contributed by atoms with Gasteiger partial charge in [-0.25, -0.2) is 9.97 Å². The molecule has 1 aromatic heterocycles. The summed E-state index contributed by atoms with van der Waals surface area (Å²) in [5.74, 6) is 2.45. The van der Waals surface area contributed by atoms with Crippen LogP contribution in [0.25, 0.3) is 11.4 Å². The number of rotatable bonds is 7. The summed E-state index contributed by atoms with van der Waals surface area (Å²) in [6.07, 6.45) is 15.8. The zero-order valence-corrected chi connectivity index (χ0v) is 15.9. The van der Waals surface area contributed by atoms with Crippen molar-refractivity contribution in [1.29, 1.82) is 0 Å². The van der Waals surface area contributed by atoms with Gasteiger partial charge in [0.25, 0.3) is 0 Å². The van der Waals surface area contributed by atoms with Gasteiger partial charge in [0.05, 0.1) is 0 Å². The molecule has 25 heavy (non-hydrogen) atoms. The standard InChI is InChI=1S/C23H32N2/c1-3-5-6-7-19-10-14-21(15-11-19)23-24-16-22(17-25-23)20-12-8-18(4-2)9-13-20/h10-11,14-18,20H,3-9,12-13H2,1-2H3. The molecule has 1 fully saturated rings. The molecule has 1 saturated carbocycles. The minimum atomic E-state index is 0.665. The molecule has 3 rings (SSSR count). The van der Waals surface area contributed by atoms with E-state index in [1.165, 1.54) is 68.9 Å². The van der Waals surface area contributed by atoms with Crippen molar-refractivity contribution in [3.05, 3.63) is 47.8 Å². The fraction of sp³-hybridized carbons (Fsp3) is 0.565. The summed E-state index contributed by atoms with van der Waals surface area (Å²) in [4.78, 5) is 9.31. The fourth-order valence-corrected chi connectivity index (χ4v) is 4.00. The molecule has 2 heteroatoms. The van der Waals surface area contributed by atoms with Gasteiger partial charge in [-0.3, -0.25) is 0 Å². The van der Waals surface area contributed by atoms with E-state index in [2.05, 4.69) is 60.5 Å². The summed E-state index contributed by atoms with van der Waals surface area (Å²) in [5, 5.41) is 0. The van der Waals surface area contributed by atoms with E-state index in [0.29, 0.717) is 5.92 Å². The summed E-state index contributed by atoms with van der Waals surface area (Å²) >= 11 is 0. The Bertz CT molecular complexity index is 622. The van der Waals surface area contributed by atoms with Crippen LogP contribution in [0.15, 0.2) is 36.7 Å². The first-order valence-corrected chi connectivity index (χ1v) is 10.2. The van der Waals surface area contributed by atoms with Gasteiger partial charge in [-0.05, 0) is 61.5 Å². The molecular formula is C23H32N2. The molecular weight excluding hydrogens is 304 g/mol. The molecule has 0 N–H and O–H groups in total. The molecule has 0 atom stereocenters. The van der Waals surface area contributed by atoms with Crippen LogP contribution in [0.4, 0.5) is 0 Å². The lowest BCUT2D eigenvalue weighted by Crippen LogP contribution is -2.13. The van der Waals surface area contributed by atoms with E-state index in [0.717, 1.165) is 17.3 Å². The zero-order valence-electron chi connectivity index (χ0n) is 15.9. The maximum Gasteiger partial charge on any atom is 0.159 e. The van der Waals surface area contributed by atoms with Gasteiger partial charge in [-0.15, -0.1) is 0 Å². The molecule has 0 radical (unpaired) electrons. The lowest BCUT2D eigenvalue weighted by atomic mass is 9.78.